The summed E-state index contributed by atoms with van der Waals surface area (Å²) in [4.78, 5) is 0. The highest BCUT2D eigenvalue weighted by molar-refractivity contribution is 5.20. The molecule has 2 nitrogen and oxygen atoms in total. The minimum absolute atomic E-state index is 0.185. The number of hydrogen-bond donors (Lipinski definition) is 2. The van der Waals surface area contributed by atoms with Gasteiger partial charge in [0, 0.05) is 0 Å². The largest absolute Gasteiger partial charge is 0.391 e. The fourth-order valence-corrected chi connectivity index (χ4v) is 1.40. The highest BCUT2D eigenvalue weighted by Crippen LogP contribution is 2.28. The van der Waals surface area contributed by atoms with E-state index in [0.717, 1.165) is 5.56 Å². The molecule has 0 aliphatic carbocycles. The van der Waals surface area contributed by atoms with Crippen molar-refractivity contribution >= 4 is 0 Å². The van der Waals surface area contributed by atoms with Crippen LogP contribution in [0, 0.1) is 5.41 Å². The molecule has 2 heteroatoms. The Morgan fingerprint density at radius 3 is 2.07 bits per heavy atom. The number of hydrogen-bond acceptors (Lipinski definition) is 2. The minimum atomic E-state index is -0.523. The summed E-state index contributed by atoms with van der Waals surface area (Å²) in [6.45, 7) is 5.96. The molecule has 78 valence electrons. The first kappa shape index (κ1) is 11.2. The zero-order chi connectivity index (χ0) is 10.8. The lowest BCUT2D eigenvalue weighted by atomic mass is 9.82. The van der Waals surface area contributed by atoms with Crippen molar-refractivity contribution in [1.82, 2.24) is 0 Å². The number of nitrogens with two attached hydrogens (primary N) is 1. The second-order valence-electron chi connectivity index (χ2n) is 4.75. The second kappa shape index (κ2) is 4.11. The van der Waals surface area contributed by atoms with E-state index >= 15 is 0 Å². The lowest BCUT2D eigenvalue weighted by Crippen LogP contribution is -2.36. The lowest BCUT2D eigenvalue weighted by molar-refractivity contribution is 0.0401. The van der Waals surface area contributed by atoms with Crippen LogP contribution < -0.4 is 5.73 Å². The Hall–Kier alpha value is -0.860. The molecule has 0 fully saturated rings. The normalized spacial score (nSPS) is 16.4. The number of aliphatic hydroxyl groups excluding tert-OH is 1. The quantitative estimate of drug-likeness (QED) is 0.755. The summed E-state index contributed by atoms with van der Waals surface area (Å²) >= 11 is 0. The van der Waals surface area contributed by atoms with Crippen molar-refractivity contribution in [3.8, 4) is 0 Å². The summed E-state index contributed by atoms with van der Waals surface area (Å²) in [7, 11) is 0. The van der Waals surface area contributed by atoms with Crippen LogP contribution in [0.1, 0.15) is 32.4 Å². The number of benzene rings is 1. The van der Waals surface area contributed by atoms with E-state index in [2.05, 4.69) is 0 Å². The van der Waals surface area contributed by atoms with Crippen molar-refractivity contribution in [2.24, 2.45) is 11.1 Å². The molecule has 0 spiro atoms. The molecule has 3 N–H and O–H groups in total. The molecule has 1 aromatic carbocycles. The van der Waals surface area contributed by atoms with Crippen molar-refractivity contribution < 1.29 is 5.11 Å². The highest BCUT2D eigenvalue weighted by Gasteiger charge is 2.28. The van der Waals surface area contributed by atoms with Gasteiger partial charge in [-0.2, -0.15) is 0 Å². The Balaban J connectivity index is 2.81. The molecule has 1 rings (SSSR count). The van der Waals surface area contributed by atoms with Gasteiger partial charge < -0.3 is 10.8 Å². The van der Waals surface area contributed by atoms with Crippen molar-refractivity contribution in [3.63, 3.8) is 0 Å². The van der Waals surface area contributed by atoms with Crippen LogP contribution in [0.25, 0.3) is 0 Å². The van der Waals surface area contributed by atoms with Crippen LogP contribution in [-0.4, -0.2) is 11.2 Å². The molecule has 0 aromatic heterocycles. The van der Waals surface area contributed by atoms with Crippen molar-refractivity contribution in [3.05, 3.63) is 35.9 Å². The maximum absolute atomic E-state index is 9.98. The molecule has 0 aliphatic heterocycles. The van der Waals surface area contributed by atoms with Crippen LogP contribution in [0.5, 0.6) is 0 Å². The molecule has 0 radical (unpaired) electrons. The SMILES string of the molecule is CC(C)(C)C(O)C(N)c1ccccc1. The van der Waals surface area contributed by atoms with E-state index < -0.39 is 6.10 Å². The Morgan fingerprint density at radius 1 is 1.14 bits per heavy atom. The van der Waals surface area contributed by atoms with Gasteiger partial charge in [0.05, 0.1) is 12.1 Å². The van der Waals surface area contributed by atoms with Crippen LogP contribution in [0.3, 0.4) is 0 Å². The standard InChI is InChI=1S/C12H19NO/c1-12(2,3)11(14)10(13)9-7-5-4-6-8-9/h4-8,10-11,14H,13H2,1-3H3. The molecule has 0 aliphatic rings. The number of rotatable bonds is 2. The van der Waals surface area contributed by atoms with Gasteiger partial charge in [-0.15, -0.1) is 0 Å². The third-order valence-electron chi connectivity index (χ3n) is 2.41. The third-order valence-corrected chi connectivity index (χ3v) is 2.41. The second-order valence-corrected chi connectivity index (χ2v) is 4.75. The molecule has 2 atom stereocenters. The van der Waals surface area contributed by atoms with Gasteiger partial charge >= 0.3 is 0 Å². The van der Waals surface area contributed by atoms with Gasteiger partial charge in [-0.3, -0.25) is 0 Å². The van der Waals surface area contributed by atoms with Gasteiger partial charge in [0.2, 0.25) is 0 Å². The predicted molar refractivity (Wildman–Crippen MR) is 58.8 cm³/mol. The molecule has 0 heterocycles. The zero-order valence-corrected chi connectivity index (χ0v) is 9.07. The summed E-state index contributed by atoms with van der Waals surface area (Å²) in [6.07, 6.45) is -0.523. The summed E-state index contributed by atoms with van der Waals surface area (Å²) < 4.78 is 0. The summed E-state index contributed by atoms with van der Waals surface area (Å²) in [6, 6.07) is 9.39. The van der Waals surface area contributed by atoms with Crippen LogP contribution in [0.15, 0.2) is 30.3 Å². The predicted octanol–water partition coefficient (Wildman–Crippen LogP) is 2.09. The third kappa shape index (κ3) is 2.56. The van der Waals surface area contributed by atoms with Gasteiger partial charge in [-0.05, 0) is 11.0 Å². The molecular weight excluding hydrogens is 174 g/mol. The maximum atomic E-state index is 9.98. The first-order valence-corrected chi connectivity index (χ1v) is 4.91. The van der Waals surface area contributed by atoms with E-state index in [9.17, 15) is 5.11 Å². The molecule has 0 saturated carbocycles. The first-order chi connectivity index (χ1) is 6.43. The summed E-state index contributed by atoms with van der Waals surface area (Å²) in [5, 5.41) is 9.98. The molecule has 0 amide bonds. The topological polar surface area (TPSA) is 46.2 Å². The minimum Gasteiger partial charge on any atom is -0.391 e. The van der Waals surface area contributed by atoms with Crippen molar-refractivity contribution in [2.75, 3.05) is 0 Å². The average Bonchev–Trinajstić information content (AvgIpc) is 2.15. The van der Waals surface area contributed by atoms with E-state index in [4.69, 9.17) is 5.73 Å². The summed E-state index contributed by atoms with van der Waals surface area (Å²) in [5.41, 5.74) is 6.77. The lowest BCUT2D eigenvalue weighted by Gasteiger charge is -2.30. The van der Waals surface area contributed by atoms with Gasteiger partial charge in [0.25, 0.3) is 0 Å². The van der Waals surface area contributed by atoms with E-state index in [-0.39, 0.29) is 11.5 Å². The first-order valence-electron chi connectivity index (χ1n) is 4.91. The molecular formula is C12H19NO. The Morgan fingerprint density at radius 2 is 1.64 bits per heavy atom. The maximum Gasteiger partial charge on any atom is 0.0780 e. The molecule has 0 saturated heterocycles. The van der Waals surface area contributed by atoms with Gasteiger partial charge in [0.1, 0.15) is 0 Å². The van der Waals surface area contributed by atoms with Gasteiger partial charge in [-0.25, -0.2) is 0 Å². The van der Waals surface area contributed by atoms with E-state index in [0.29, 0.717) is 0 Å². The smallest absolute Gasteiger partial charge is 0.0780 e. The van der Waals surface area contributed by atoms with Gasteiger partial charge in [-0.1, -0.05) is 51.1 Å². The monoisotopic (exact) mass is 193 g/mol. The average molecular weight is 193 g/mol. The Kier molecular flexibility index (Phi) is 3.29. The van der Waals surface area contributed by atoms with E-state index in [1.54, 1.807) is 0 Å². The summed E-state index contributed by atoms with van der Waals surface area (Å²) in [5.74, 6) is 0. The van der Waals surface area contributed by atoms with Crippen LogP contribution in [-0.2, 0) is 0 Å². The zero-order valence-electron chi connectivity index (χ0n) is 9.07. The van der Waals surface area contributed by atoms with E-state index in [1.165, 1.54) is 0 Å². The Labute approximate surface area is 85.8 Å². The van der Waals surface area contributed by atoms with Crippen molar-refractivity contribution in [2.45, 2.75) is 32.9 Å². The fraction of sp³-hybridized carbons (Fsp3) is 0.500. The van der Waals surface area contributed by atoms with Crippen molar-refractivity contribution in [1.29, 1.82) is 0 Å². The van der Waals surface area contributed by atoms with Gasteiger partial charge in [0.15, 0.2) is 0 Å². The molecule has 2 unspecified atom stereocenters. The van der Waals surface area contributed by atoms with Crippen LogP contribution >= 0.6 is 0 Å². The highest BCUT2D eigenvalue weighted by atomic mass is 16.3. The Bertz CT molecular complexity index is 276. The van der Waals surface area contributed by atoms with E-state index in [1.807, 2.05) is 51.1 Å². The fourth-order valence-electron chi connectivity index (χ4n) is 1.40. The van der Waals surface area contributed by atoms with Crippen LogP contribution in [0.2, 0.25) is 0 Å². The molecule has 0 bridgehead atoms. The van der Waals surface area contributed by atoms with Crippen LogP contribution in [0.4, 0.5) is 0 Å². The molecule has 1 aromatic rings. The number of aliphatic hydroxyl groups is 1. The molecule has 14 heavy (non-hydrogen) atoms.